The third-order valence-corrected chi connectivity index (χ3v) is 6.69. The summed E-state index contributed by atoms with van der Waals surface area (Å²) in [4.78, 5) is 1.51. The highest BCUT2D eigenvalue weighted by Gasteiger charge is 2.23. The van der Waals surface area contributed by atoms with Crippen molar-refractivity contribution in [1.82, 2.24) is 5.32 Å². The van der Waals surface area contributed by atoms with Gasteiger partial charge in [0.05, 0.1) is 4.34 Å². The smallest absolute Gasteiger partial charge is 0.0934 e. The topological polar surface area (TPSA) is 12.0 Å². The summed E-state index contributed by atoms with van der Waals surface area (Å²) in [7, 11) is 0. The number of rotatable bonds is 3. The van der Waals surface area contributed by atoms with Gasteiger partial charge in [0.15, 0.2) is 0 Å². The van der Waals surface area contributed by atoms with Gasteiger partial charge in [-0.2, -0.15) is 11.8 Å². The van der Waals surface area contributed by atoms with Gasteiger partial charge in [-0.25, -0.2) is 0 Å². The van der Waals surface area contributed by atoms with Gasteiger partial charge in [-0.1, -0.05) is 18.0 Å². The molecular formula is C14H20ClNS2. The van der Waals surface area contributed by atoms with Gasteiger partial charge in [-0.15, -0.1) is 11.3 Å². The normalized spacial score (nSPS) is 28.1. The first-order chi connectivity index (χ1) is 8.83. The number of hydrogen-bond donors (Lipinski definition) is 1. The molecule has 1 aromatic rings. The molecule has 1 N–H and O–H groups in total. The first kappa shape index (κ1) is 13.3. The molecule has 0 bridgehead atoms. The number of nitrogens with one attached hydrogen (secondary N) is 1. The van der Waals surface area contributed by atoms with E-state index in [1.807, 2.05) is 0 Å². The van der Waals surface area contributed by atoms with E-state index in [2.05, 4.69) is 23.1 Å². The van der Waals surface area contributed by atoms with Crippen LogP contribution in [0.1, 0.15) is 48.6 Å². The average molecular weight is 302 g/mol. The van der Waals surface area contributed by atoms with E-state index in [0.717, 1.165) is 9.59 Å². The zero-order valence-corrected chi connectivity index (χ0v) is 13.0. The fraction of sp³-hybridized carbons (Fsp3) is 0.714. The van der Waals surface area contributed by atoms with E-state index in [0.29, 0.717) is 6.04 Å². The molecule has 0 radical (unpaired) electrons. The van der Waals surface area contributed by atoms with Crippen LogP contribution in [0.25, 0.3) is 0 Å². The molecule has 3 rings (SSSR count). The van der Waals surface area contributed by atoms with Crippen molar-refractivity contribution in [2.45, 2.75) is 49.8 Å². The molecular weight excluding hydrogens is 282 g/mol. The van der Waals surface area contributed by atoms with Crippen molar-refractivity contribution >= 4 is 34.7 Å². The Kier molecular flexibility index (Phi) is 4.55. The fourth-order valence-electron chi connectivity index (χ4n) is 2.98. The summed E-state index contributed by atoms with van der Waals surface area (Å²) >= 11 is 10.1. The molecule has 0 saturated carbocycles. The number of aryl methyl sites for hydroxylation is 1. The van der Waals surface area contributed by atoms with Crippen LogP contribution in [-0.4, -0.2) is 17.5 Å². The number of hydrogen-bond acceptors (Lipinski definition) is 3. The van der Waals surface area contributed by atoms with E-state index in [4.69, 9.17) is 11.6 Å². The summed E-state index contributed by atoms with van der Waals surface area (Å²) < 4.78 is 0.959. The fourth-order valence-corrected chi connectivity index (χ4v) is 5.61. The molecule has 2 atom stereocenters. The minimum absolute atomic E-state index is 0.556. The first-order valence-electron chi connectivity index (χ1n) is 6.96. The number of fused-ring (bicyclic) bond motifs is 1. The number of thiophene rings is 1. The van der Waals surface area contributed by atoms with Crippen LogP contribution in [-0.2, 0) is 6.42 Å². The molecule has 2 heterocycles. The molecule has 100 valence electrons. The average Bonchev–Trinajstić information content (AvgIpc) is 2.78. The van der Waals surface area contributed by atoms with Gasteiger partial charge in [0, 0.05) is 22.7 Å². The predicted molar refractivity (Wildman–Crippen MR) is 83.1 cm³/mol. The highest BCUT2D eigenvalue weighted by Crippen LogP contribution is 2.38. The van der Waals surface area contributed by atoms with Crippen molar-refractivity contribution in [1.29, 1.82) is 0 Å². The molecule has 0 spiro atoms. The van der Waals surface area contributed by atoms with Crippen LogP contribution < -0.4 is 5.32 Å². The maximum Gasteiger partial charge on any atom is 0.0934 e. The van der Waals surface area contributed by atoms with Crippen LogP contribution in [0.2, 0.25) is 4.34 Å². The van der Waals surface area contributed by atoms with Crippen molar-refractivity contribution < 1.29 is 0 Å². The van der Waals surface area contributed by atoms with E-state index < -0.39 is 0 Å². The zero-order chi connectivity index (χ0) is 12.4. The minimum Gasteiger partial charge on any atom is -0.309 e. The molecule has 1 aliphatic heterocycles. The van der Waals surface area contributed by atoms with Crippen LogP contribution in [0.4, 0.5) is 0 Å². The van der Waals surface area contributed by atoms with E-state index in [1.165, 1.54) is 61.3 Å². The van der Waals surface area contributed by atoms with Crippen LogP contribution in [0.3, 0.4) is 0 Å². The second-order valence-electron chi connectivity index (χ2n) is 5.27. The van der Waals surface area contributed by atoms with Gasteiger partial charge in [0.25, 0.3) is 0 Å². The Balaban J connectivity index is 1.59. The predicted octanol–water partition coefficient (Wildman–Crippen LogP) is 4.65. The van der Waals surface area contributed by atoms with Gasteiger partial charge in [-0.05, 0) is 49.5 Å². The summed E-state index contributed by atoms with van der Waals surface area (Å²) in [6.07, 6.45) is 8.02. The third kappa shape index (κ3) is 3.06. The molecule has 1 nitrogen and oxygen atoms in total. The van der Waals surface area contributed by atoms with Crippen molar-refractivity contribution in [3.05, 3.63) is 20.8 Å². The molecule has 1 aliphatic carbocycles. The van der Waals surface area contributed by atoms with E-state index in [-0.39, 0.29) is 0 Å². The van der Waals surface area contributed by atoms with Crippen LogP contribution in [0.15, 0.2) is 6.07 Å². The number of halogens is 1. The van der Waals surface area contributed by atoms with Crippen molar-refractivity contribution in [2.24, 2.45) is 0 Å². The van der Waals surface area contributed by atoms with Crippen molar-refractivity contribution in [3.8, 4) is 0 Å². The van der Waals surface area contributed by atoms with Crippen molar-refractivity contribution in [2.75, 3.05) is 12.3 Å². The van der Waals surface area contributed by atoms with Gasteiger partial charge in [-0.3, -0.25) is 0 Å². The maximum atomic E-state index is 6.15. The van der Waals surface area contributed by atoms with Crippen LogP contribution in [0, 0.1) is 0 Å². The third-order valence-electron chi connectivity index (χ3n) is 3.95. The first-order valence-corrected chi connectivity index (χ1v) is 9.20. The quantitative estimate of drug-likeness (QED) is 0.872. The minimum atomic E-state index is 0.556. The number of thioether (sulfide) groups is 1. The lowest BCUT2D eigenvalue weighted by molar-refractivity contribution is 0.455. The largest absolute Gasteiger partial charge is 0.309 e. The van der Waals surface area contributed by atoms with Gasteiger partial charge in [0.1, 0.15) is 0 Å². The summed E-state index contributed by atoms with van der Waals surface area (Å²) in [6, 6.07) is 2.74. The van der Waals surface area contributed by atoms with Gasteiger partial charge < -0.3 is 5.32 Å². The Labute approximate surface area is 123 Å². The van der Waals surface area contributed by atoms with E-state index in [9.17, 15) is 0 Å². The summed E-state index contributed by atoms with van der Waals surface area (Å²) in [5.41, 5.74) is 1.48. The second kappa shape index (κ2) is 6.17. The lowest BCUT2D eigenvalue weighted by Gasteiger charge is -2.27. The van der Waals surface area contributed by atoms with E-state index in [1.54, 1.807) is 11.3 Å². The molecule has 0 amide bonds. The van der Waals surface area contributed by atoms with Gasteiger partial charge in [0.2, 0.25) is 0 Å². The van der Waals surface area contributed by atoms with Gasteiger partial charge >= 0.3 is 0 Å². The Hall–Kier alpha value is 0.300. The molecule has 1 saturated heterocycles. The zero-order valence-electron chi connectivity index (χ0n) is 10.6. The van der Waals surface area contributed by atoms with Crippen LogP contribution in [0.5, 0.6) is 0 Å². The molecule has 1 fully saturated rings. The Bertz CT molecular complexity index is 398. The Morgan fingerprint density at radius 1 is 1.28 bits per heavy atom. The van der Waals surface area contributed by atoms with Crippen molar-refractivity contribution in [3.63, 3.8) is 0 Å². The molecule has 2 unspecified atom stereocenters. The molecule has 2 aliphatic rings. The van der Waals surface area contributed by atoms with E-state index >= 15 is 0 Å². The highest BCUT2D eigenvalue weighted by molar-refractivity contribution is 7.99. The monoisotopic (exact) mass is 301 g/mol. The summed E-state index contributed by atoms with van der Waals surface area (Å²) in [6.45, 7) is 1.17. The molecule has 4 heteroatoms. The second-order valence-corrected chi connectivity index (χ2v) is 8.45. The maximum absolute atomic E-state index is 6.15. The van der Waals surface area contributed by atoms with Crippen LogP contribution >= 0.6 is 34.7 Å². The highest BCUT2D eigenvalue weighted by atomic mass is 35.5. The standard InChI is InChI=1S/C14H20ClNS2/c15-14-8-11-12(5-3-6-13(11)18-14)16-9-10-4-1-2-7-17-10/h8,10,12,16H,1-7,9H2. The molecule has 0 aromatic carbocycles. The SMILES string of the molecule is Clc1cc2c(s1)CCCC2NCC1CCCCS1. The molecule has 18 heavy (non-hydrogen) atoms. The summed E-state index contributed by atoms with van der Waals surface area (Å²) in [5.74, 6) is 1.35. The Morgan fingerprint density at radius 3 is 3.06 bits per heavy atom. The molecule has 1 aromatic heterocycles. The lowest BCUT2D eigenvalue weighted by Crippen LogP contribution is -2.31. The lowest BCUT2D eigenvalue weighted by atomic mass is 9.94. The summed E-state index contributed by atoms with van der Waals surface area (Å²) in [5, 5.41) is 4.62. The Morgan fingerprint density at radius 2 is 2.22 bits per heavy atom.